The molecular weight excluding hydrogens is 400 g/mol. The molecule has 3 rings (SSSR count). The van der Waals surface area contributed by atoms with Crippen molar-refractivity contribution in [2.24, 2.45) is 0 Å². The summed E-state index contributed by atoms with van der Waals surface area (Å²) in [6.45, 7) is 2.49. The summed E-state index contributed by atoms with van der Waals surface area (Å²) in [5.74, 6) is 0.863. The summed E-state index contributed by atoms with van der Waals surface area (Å²) in [6.07, 6.45) is 2.29. The first-order chi connectivity index (χ1) is 13.6. The standard InChI is InChI=1S/C20H25ClN2O4S/c1-25-18-10-19(26-2)17(9-16(18)21)22-20(24)13-23(11-14-5-3-7-27-14)12-15-6-4-8-28-15/h4,6,8-10,14H,3,5,7,11-13H2,1-2H3,(H,22,24). The van der Waals surface area contributed by atoms with Crippen molar-refractivity contribution < 1.29 is 19.0 Å². The van der Waals surface area contributed by atoms with Gasteiger partial charge in [0.15, 0.2) is 0 Å². The molecule has 1 saturated heterocycles. The highest BCUT2D eigenvalue weighted by Crippen LogP contribution is 2.35. The Hall–Kier alpha value is -1.80. The van der Waals surface area contributed by atoms with E-state index in [4.69, 9.17) is 25.8 Å². The predicted molar refractivity (Wildman–Crippen MR) is 112 cm³/mol. The highest BCUT2D eigenvalue weighted by atomic mass is 35.5. The third kappa shape index (κ3) is 5.61. The van der Waals surface area contributed by atoms with Crippen molar-refractivity contribution in [1.82, 2.24) is 4.90 Å². The number of thiophene rings is 1. The van der Waals surface area contributed by atoms with E-state index in [1.54, 1.807) is 30.6 Å². The molecule has 8 heteroatoms. The fraction of sp³-hybridized carbons (Fsp3) is 0.450. The summed E-state index contributed by atoms with van der Waals surface area (Å²) in [7, 11) is 3.07. The van der Waals surface area contributed by atoms with Gasteiger partial charge in [-0.1, -0.05) is 17.7 Å². The summed E-state index contributed by atoms with van der Waals surface area (Å²) in [6, 6.07) is 7.40. The van der Waals surface area contributed by atoms with Crippen molar-refractivity contribution in [3.8, 4) is 11.5 Å². The van der Waals surface area contributed by atoms with E-state index < -0.39 is 0 Å². The van der Waals surface area contributed by atoms with Crippen LogP contribution in [0.5, 0.6) is 11.5 Å². The third-order valence-corrected chi connectivity index (χ3v) is 5.72. The molecule has 1 unspecified atom stereocenters. The number of anilines is 1. The van der Waals surface area contributed by atoms with Crippen LogP contribution in [0.25, 0.3) is 0 Å². The van der Waals surface area contributed by atoms with E-state index in [1.165, 1.54) is 12.0 Å². The van der Waals surface area contributed by atoms with Gasteiger partial charge in [0.05, 0.1) is 37.6 Å². The molecule has 1 aromatic carbocycles. The van der Waals surface area contributed by atoms with E-state index in [-0.39, 0.29) is 18.6 Å². The van der Waals surface area contributed by atoms with E-state index in [0.29, 0.717) is 28.8 Å². The topological polar surface area (TPSA) is 60.0 Å². The zero-order valence-corrected chi connectivity index (χ0v) is 17.6. The predicted octanol–water partition coefficient (Wildman–Crippen LogP) is 4.04. The van der Waals surface area contributed by atoms with Gasteiger partial charge in [0.25, 0.3) is 0 Å². The summed E-state index contributed by atoms with van der Waals surface area (Å²) >= 11 is 7.89. The van der Waals surface area contributed by atoms with Crippen LogP contribution in [-0.4, -0.2) is 50.8 Å². The Bertz CT molecular complexity index is 779. The smallest absolute Gasteiger partial charge is 0.238 e. The minimum absolute atomic E-state index is 0.130. The van der Waals surface area contributed by atoms with Gasteiger partial charge in [-0.25, -0.2) is 0 Å². The molecule has 28 heavy (non-hydrogen) atoms. The Morgan fingerprint density at radius 3 is 2.82 bits per heavy atom. The molecule has 2 aromatic rings. The monoisotopic (exact) mass is 424 g/mol. The molecule has 1 aliphatic rings. The van der Waals surface area contributed by atoms with E-state index in [9.17, 15) is 4.79 Å². The van der Waals surface area contributed by atoms with Crippen LogP contribution in [0.2, 0.25) is 5.02 Å². The van der Waals surface area contributed by atoms with Crippen LogP contribution in [0.15, 0.2) is 29.6 Å². The number of ether oxygens (including phenoxy) is 3. The van der Waals surface area contributed by atoms with Crippen molar-refractivity contribution in [3.05, 3.63) is 39.5 Å². The normalized spacial score (nSPS) is 16.4. The summed E-state index contributed by atoms with van der Waals surface area (Å²) in [5, 5.41) is 5.36. The molecular formula is C20H25ClN2O4S. The molecule has 1 aromatic heterocycles. The molecule has 1 fully saturated rings. The van der Waals surface area contributed by atoms with Crippen LogP contribution in [0.1, 0.15) is 17.7 Å². The molecule has 6 nitrogen and oxygen atoms in total. The van der Waals surface area contributed by atoms with Gasteiger partial charge in [-0.3, -0.25) is 9.69 Å². The molecule has 1 N–H and O–H groups in total. The average molecular weight is 425 g/mol. The molecule has 0 bridgehead atoms. The Balaban J connectivity index is 1.68. The number of nitrogens with one attached hydrogen (secondary N) is 1. The Morgan fingerprint density at radius 1 is 1.36 bits per heavy atom. The Labute approximate surface area is 174 Å². The number of halogens is 1. The molecule has 0 saturated carbocycles. The van der Waals surface area contributed by atoms with Crippen LogP contribution in [0.3, 0.4) is 0 Å². The van der Waals surface area contributed by atoms with E-state index in [2.05, 4.69) is 16.3 Å². The molecule has 0 radical (unpaired) electrons. The first-order valence-corrected chi connectivity index (χ1v) is 10.4. The SMILES string of the molecule is COc1cc(OC)c(NC(=O)CN(Cc2cccs2)CC2CCCO2)cc1Cl. The van der Waals surface area contributed by atoms with Crippen LogP contribution in [0, 0.1) is 0 Å². The van der Waals surface area contributed by atoms with Crippen LogP contribution in [-0.2, 0) is 16.1 Å². The molecule has 2 heterocycles. The maximum absolute atomic E-state index is 12.7. The lowest BCUT2D eigenvalue weighted by molar-refractivity contribution is -0.117. The molecule has 0 spiro atoms. The fourth-order valence-electron chi connectivity index (χ4n) is 3.23. The number of hydrogen-bond donors (Lipinski definition) is 1. The maximum atomic E-state index is 12.7. The number of carbonyl (C=O) groups is 1. The summed E-state index contributed by atoms with van der Waals surface area (Å²) < 4.78 is 16.3. The fourth-order valence-corrected chi connectivity index (χ4v) is 4.22. The minimum Gasteiger partial charge on any atom is -0.495 e. The third-order valence-electron chi connectivity index (χ3n) is 4.56. The minimum atomic E-state index is -0.130. The molecule has 1 amide bonds. The number of benzene rings is 1. The maximum Gasteiger partial charge on any atom is 0.238 e. The van der Waals surface area contributed by atoms with Crippen molar-refractivity contribution in [2.75, 3.05) is 39.2 Å². The summed E-state index contributed by atoms with van der Waals surface area (Å²) in [4.78, 5) is 16.1. The second-order valence-electron chi connectivity index (χ2n) is 6.62. The molecule has 0 aliphatic carbocycles. The van der Waals surface area contributed by atoms with Gasteiger partial charge in [0.1, 0.15) is 11.5 Å². The van der Waals surface area contributed by atoms with Gasteiger partial charge < -0.3 is 19.5 Å². The largest absolute Gasteiger partial charge is 0.495 e. The van der Waals surface area contributed by atoms with Gasteiger partial charge in [-0.2, -0.15) is 0 Å². The second-order valence-corrected chi connectivity index (χ2v) is 8.06. The number of methoxy groups -OCH3 is 2. The van der Waals surface area contributed by atoms with Crippen LogP contribution >= 0.6 is 22.9 Å². The number of amides is 1. The number of hydrogen-bond acceptors (Lipinski definition) is 6. The molecule has 1 atom stereocenters. The van der Waals surface area contributed by atoms with Gasteiger partial charge in [0.2, 0.25) is 5.91 Å². The second kappa shape index (κ2) is 10.1. The van der Waals surface area contributed by atoms with Gasteiger partial charge >= 0.3 is 0 Å². The van der Waals surface area contributed by atoms with Gasteiger partial charge in [0, 0.05) is 30.6 Å². The Kier molecular flexibility index (Phi) is 7.56. The van der Waals surface area contributed by atoms with Crippen molar-refractivity contribution in [3.63, 3.8) is 0 Å². The lowest BCUT2D eigenvalue weighted by Crippen LogP contribution is -2.37. The molecule has 152 valence electrons. The first-order valence-electron chi connectivity index (χ1n) is 9.16. The van der Waals surface area contributed by atoms with Crippen molar-refractivity contribution in [1.29, 1.82) is 0 Å². The summed E-state index contributed by atoms with van der Waals surface area (Å²) in [5.41, 5.74) is 0.520. The van der Waals surface area contributed by atoms with Gasteiger partial charge in [-0.05, 0) is 30.4 Å². The highest BCUT2D eigenvalue weighted by Gasteiger charge is 2.22. The number of rotatable bonds is 9. The van der Waals surface area contributed by atoms with E-state index in [1.807, 2.05) is 11.4 Å². The zero-order valence-electron chi connectivity index (χ0n) is 16.1. The first kappa shape index (κ1) is 20.9. The number of nitrogens with zero attached hydrogens (tertiary/aromatic N) is 1. The van der Waals surface area contributed by atoms with Crippen LogP contribution < -0.4 is 14.8 Å². The van der Waals surface area contributed by atoms with E-state index >= 15 is 0 Å². The highest BCUT2D eigenvalue weighted by molar-refractivity contribution is 7.09. The van der Waals surface area contributed by atoms with E-state index in [0.717, 1.165) is 26.0 Å². The van der Waals surface area contributed by atoms with Crippen molar-refractivity contribution >= 4 is 34.5 Å². The number of carbonyl (C=O) groups excluding carboxylic acids is 1. The Morgan fingerprint density at radius 2 is 2.18 bits per heavy atom. The zero-order chi connectivity index (χ0) is 19.9. The molecule has 1 aliphatic heterocycles. The lowest BCUT2D eigenvalue weighted by Gasteiger charge is -2.24. The van der Waals surface area contributed by atoms with Gasteiger partial charge in [-0.15, -0.1) is 11.3 Å². The lowest BCUT2D eigenvalue weighted by atomic mass is 10.2. The van der Waals surface area contributed by atoms with Crippen molar-refractivity contribution in [2.45, 2.75) is 25.5 Å². The van der Waals surface area contributed by atoms with Crippen LogP contribution in [0.4, 0.5) is 5.69 Å². The average Bonchev–Trinajstić information content (AvgIpc) is 3.36. The quantitative estimate of drug-likeness (QED) is 0.658.